The molecule has 2 amide bonds. The smallest absolute Gasteiger partial charge is 0.317 e. The van der Waals surface area contributed by atoms with Crippen LogP contribution in [-0.4, -0.2) is 48.8 Å². The number of hydrogen-bond acceptors (Lipinski definition) is 3. The molecule has 6 nitrogen and oxygen atoms in total. The van der Waals surface area contributed by atoms with Crippen molar-refractivity contribution >= 4 is 12.0 Å². The highest BCUT2D eigenvalue weighted by Gasteiger charge is 2.55. The Kier molecular flexibility index (Phi) is 4.64. The second-order valence-corrected chi connectivity index (χ2v) is 6.76. The second kappa shape index (κ2) is 6.71. The SMILES string of the molecule is COc1cccc(CCNC(=O)N2C[C@@H]3CCC[C@@]3(C(=O)O)C2)c1. The first-order chi connectivity index (χ1) is 11.5. The van der Waals surface area contributed by atoms with Crippen LogP contribution in [0.25, 0.3) is 0 Å². The second-order valence-electron chi connectivity index (χ2n) is 6.76. The minimum atomic E-state index is -0.753. The van der Waals surface area contributed by atoms with Crippen molar-refractivity contribution in [1.29, 1.82) is 0 Å². The molecule has 2 atom stereocenters. The zero-order valence-corrected chi connectivity index (χ0v) is 14.0. The fraction of sp³-hybridized carbons (Fsp3) is 0.556. The summed E-state index contributed by atoms with van der Waals surface area (Å²) in [6.07, 6.45) is 3.24. The molecule has 2 fully saturated rings. The van der Waals surface area contributed by atoms with E-state index in [0.29, 0.717) is 32.5 Å². The fourth-order valence-corrected chi connectivity index (χ4v) is 4.05. The lowest BCUT2D eigenvalue weighted by Gasteiger charge is -2.23. The van der Waals surface area contributed by atoms with Gasteiger partial charge in [0.2, 0.25) is 0 Å². The molecule has 2 aliphatic rings. The van der Waals surface area contributed by atoms with Crippen LogP contribution in [0.2, 0.25) is 0 Å². The van der Waals surface area contributed by atoms with Crippen LogP contribution in [0.5, 0.6) is 5.75 Å². The lowest BCUT2D eigenvalue weighted by atomic mass is 9.81. The Hall–Kier alpha value is -2.24. The third kappa shape index (κ3) is 3.05. The van der Waals surface area contributed by atoms with E-state index < -0.39 is 11.4 Å². The molecule has 1 heterocycles. The summed E-state index contributed by atoms with van der Waals surface area (Å²) in [5.74, 6) is 0.144. The molecule has 0 radical (unpaired) electrons. The Balaban J connectivity index is 1.52. The van der Waals surface area contributed by atoms with Gasteiger partial charge in [0.05, 0.1) is 12.5 Å². The summed E-state index contributed by atoms with van der Waals surface area (Å²) in [6.45, 7) is 1.41. The molecule has 1 aromatic rings. The molecule has 130 valence electrons. The van der Waals surface area contributed by atoms with Gasteiger partial charge in [0.15, 0.2) is 0 Å². The molecular formula is C18H24N2O4. The van der Waals surface area contributed by atoms with Gasteiger partial charge in [0.25, 0.3) is 0 Å². The number of ether oxygens (including phenoxy) is 1. The van der Waals surface area contributed by atoms with Crippen molar-refractivity contribution in [1.82, 2.24) is 10.2 Å². The van der Waals surface area contributed by atoms with Gasteiger partial charge >= 0.3 is 12.0 Å². The summed E-state index contributed by atoms with van der Waals surface area (Å²) in [4.78, 5) is 25.7. The number of carboxylic acid groups (broad SMARTS) is 1. The van der Waals surface area contributed by atoms with E-state index in [-0.39, 0.29) is 11.9 Å². The van der Waals surface area contributed by atoms with Crippen LogP contribution in [0.4, 0.5) is 4.79 Å². The van der Waals surface area contributed by atoms with Gasteiger partial charge < -0.3 is 20.1 Å². The zero-order chi connectivity index (χ0) is 17.2. The van der Waals surface area contributed by atoms with Crippen LogP contribution in [0.15, 0.2) is 24.3 Å². The number of carbonyl (C=O) groups excluding carboxylic acids is 1. The molecule has 1 aliphatic heterocycles. The maximum absolute atomic E-state index is 12.4. The van der Waals surface area contributed by atoms with Crippen LogP contribution in [0.3, 0.4) is 0 Å². The standard InChI is InChI=1S/C18H24N2O4/c1-24-15-6-2-4-13(10-15)7-9-19-17(23)20-11-14-5-3-8-18(14,12-20)16(21)22/h2,4,6,10,14H,3,5,7-9,11-12H2,1H3,(H,19,23)(H,21,22)/t14-,18+/m0/s1. The van der Waals surface area contributed by atoms with Gasteiger partial charge in [0.1, 0.15) is 5.75 Å². The monoisotopic (exact) mass is 332 g/mol. The number of rotatable bonds is 5. The lowest BCUT2D eigenvalue weighted by molar-refractivity contribution is -0.149. The number of likely N-dealkylation sites (tertiary alicyclic amines) is 1. The molecule has 0 aromatic heterocycles. The molecule has 6 heteroatoms. The quantitative estimate of drug-likeness (QED) is 0.866. The molecular weight excluding hydrogens is 308 g/mol. The highest BCUT2D eigenvalue weighted by atomic mass is 16.5. The Morgan fingerprint density at radius 1 is 1.46 bits per heavy atom. The number of hydrogen-bond donors (Lipinski definition) is 2. The van der Waals surface area contributed by atoms with E-state index in [9.17, 15) is 14.7 Å². The van der Waals surface area contributed by atoms with Gasteiger partial charge in [-0.15, -0.1) is 0 Å². The number of urea groups is 1. The van der Waals surface area contributed by atoms with Crippen LogP contribution >= 0.6 is 0 Å². The van der Waals surface area contributed by atoms with Crippen molar-refractivity contribution < 1.29 is 19.4 Å². The number of amides is 2. The van der Waals surface area contributed by atoms with E-state index in [1.807, 2.05) is 24.3 Å². The highest BCUT2D eigenvalue weighted by Crippen LogP contribution is 2.48. The minimum absolute atomic E-state index is 0.0964. The van der Waals surface area contributed by atoms with Gasteiger partial charge in [-0.1, -0.05) is 18.6 Å². The maximum Gasteiger partial charge on any atom is 0.317 e. The minimum Gasteiger partial charge on any atom is -0.497 e. The fourth-order valence-electron chi connectivity index (χ4n) is 4.05. The highest BCUT2D eigenvalue weighted by molar-refractivity contribution is 5.80. The summed E-state index contributed by atoms with van der Waals surface area (Å²) >= 11 is 0. The largest absolute Gasteiger partial charge is 0.497 e. The normalized spacial score (nSPS) is 25.4. The number of carboxylic acids is 1. The number of carbonyl (C=O) groups is 2. The van der Waals surface area contributed by atoms with E-state index in [4.69, 9.17) is 4.74 Å². The summed E-state index contributed by atoms with van der Waals surface area (Å²) < 4.78 is 5.19. The molecule has 0 spiro atoms. The number of nitrogens with one attached hydrogen (secondary N) is 1. The van der Waals surface area contributed by atoms with Gasteiger partial charge in [-0.3, -0.25) is 4.79 Å². The summed E-state index contributed by atoms with van der Waals surface area (Å²) in [7, 11) is 1.63. The zero-order valence-electron chi connectivity index (χ0n) is 14.0. The Morgan fingerprint density at radius 3 is 3.00 bits per heavy atom. The molecule has 1 aromatic carbocycles. The van der Waals surface area contributed by atoms with E-state index in [1.165, 1.54) is 0 Å². The van der Waals surface area contributed by atoms with Crippen molar-refractivity contribution in [2.24, 2.45) is 11.3 Å². The molecule has 1 aliphatic carbocycles. The van der Waals surface area contributed by atoms with Crippen molar-refractivity contribution in [2.75, 3.05) is 26.7 Å². The van der Waals surface area contributed by atoms with E-state index in [2.05, 4.69) is 5.32 Å². The van der Waals surface area contributed by atoms with Gasteiger partial charge in [-0.25, -0.2) is 4.79 Å². The van der Waals surface area contributed by atoms with Crippen molar-refractivity contribution in [3.8, 4) is 5.75 Å². The third-order valence-electron chi connectivity index (χ3n) is 5.41. The molecule has 24 heavy (non-hydrogen) atoms. The first kappa shape index (κ1) is 16.6. The third-order valence-corrected chi connectivity index (χ3v) is 5.41. The molecule has 1 saturated carbocycles. The number of methoxy groups -OCH3 is 1. The van der Waals surface area contributed by atoms with E-state index in [0.717, 1.165) is 24.2 Å². The maximum atomic E-state index is 12.4. The van der Waals surface area contributed by atoms with Crippen LogP contribution in [0.1, 0.15) is 24.8 Å². The number of benzene rings is 1. The Bertz CT molecular complexity index is 633. The van der Waals surface area contributed by atoms with Gasteiger partial charge in [0, 0.05) is 19.6 Å². The van der Waals surface area contributed by atoms with Crippen LogP contribution in [-0.2, 0) is 11.2 Å². The molecule has 0 bridgehead atoms. The summed E-state index contributed by atoms with van der Waals surface area (Å²) in [5, 5.41) is 12.5. The van der Waals surface area contributed by atoms with Crippen molar-refractivity contribution in [3.63, 3.8) is 0 Å². The number of aliphatic carboxylic acids is 1. The first-order valence-electron chi connectivity index (χ1n) is 8.44. The molecule has 0 unspecified atom stereocenters. The van der Waals surface area contributed by atoms with Crippen molar-refractivity contribution in [3.05, 3.63) is 29.8 Å². The Morgan fingerprint density at radius 2 is 2.29 bits per heavy atom. The molecule has 2 N–H and O–H groups in total. The molecule has 1 saturated heterocycles. The van der Waals surface area contributed by atoms with Crippen LogP contribution < -0.4 is 10.1 Å². The lowest BCUT2D eigenvalue weighted by Crippen LogP contribution is -2.42. The van der Waals surface area contributed by atoms with Crippen molar-refractivity contribution in [2.45, 2.75) is 25.7 Å². The number of fused-ring (bicyclic) bond motifs is 1. The molecule has 3 rings (SSSR count). The average molecular weight is 332 g/mol. The average Bonchev–Trinajstić information content (AvgIpc) is 3.13. The predicted octanol–water partition coefficient (Wildman–Crippen LogP) is 2.13. The summed E-state index contributed by atoms with van der Waals surface area (Å²) in [5.41, 5.74) is 0.374. The van der Waals surface area contributed by atoms with E-state index >= 15 is 0 Å². The van der Waals surface area contributed by atoms with Gasteiger partial charge in [-0.2, -0.15) is 0 Å². The van der Waals surface area contributed by atoms with Gasteiger partial charge in [-0.05, 0) is 42.9 Å². The van der Waals surface area contributed by atoms with Crippen LogP contribution in [0, 0.1) is 11.3 Å². The predicted molar refractivity (Wildman–Crippen MR) is 89.1 cm³/mol. The number of nitrogens with zero attached hydrogens (tertiary/aromatic N) is 1. The first-order valence-corrected chi connectivity index (χ1v) is 8.44. The summed E-state index contributed by atoms with van der Waals surface area (Å²) in [6, 6.07) is 7.60. The van der Waals surface area contributed by atoms with E-state index in [1.54, 1.807) is 12.0 Å². The Labute approximate surface area is 141 Å². The topological polar surface area (TPSA) is 78.9 Å².